The first-order chi connectivity index (χ1) is 8.81. The van der Waals surface area contributed by atoms with Gasteiger partial charge < -0.3 is 5.32 Å². The summed E-state index contributed by atoms with van der Waals surface area (Å²) in [4.78, 5) is 0. The number of benzene rings is 1. The Balaban J connectivity index is 1.54. The second kappa shape index (κ2) is 5.63. The van der Waals surface area contributed by atoms with Gasteiger partial charge in [0.1, 0.15) is 0 Å². The van der Waals surface area contributed by atoms with Crippen LogP contribution in [0.3, 0.4) is 0 Å². The summed E-state index contributed by atoms with van der Waals surface area (Å²) in [5, 5.41) is 4.55. The van der Waals surface area contributed by atoms with Gasteiger partial charge in [0.25, 0.3) is 0 Å². The van der Waals surface area contributed by atoms with E-state index in [1.807, 2.05) is 12.1 Å². The van der Waals surface area contributed by atoms with Gasteiger partial charge >= 0.3 is 0 Å². The third kappa shape index (κ3) is 3.27. The summed E-state index contributed by atoms with van der Waals surface area (Å²) in [7, 11) is 0. The molecule has 1 aromatic carbocycles. The fraction of sp³-hybridized carbons (Fsp3) is 0.625. The monoisotopic (exact) mass is 263 g/mol. The minimum atomic E-state index is 0.845. The summed E-state index contributed by atoms with van der Waals surface area (Å²) < 4.78 is 0. The SMILES string of the molecule is Clc1ccc(CC2CCCC2CNC2CC2)cc1. The van der Waals surface area contributed by atoms with Gasteiger partial charge in [0.05, 0.1) is 0 Å². The van der Waals surface area contributed by atoms with Crippen LogP contribution in [0.5, 0.6) is 0 Å². The van der Waals surface area contributed by atoms with Crippen LogP contribution in [0.25, 0.3) is 0 Å². The predicted molar refractivity (Wildman–Crippen MR) is 77.0 cm³/mol. The van der Waals surface area contributed by atoms with Crippen LogP contribution in [0.15, 0.2) is 24.3 Å². The molecule has 18 heavy (non-hydrogen) atoms. The highest BCUT2D eigenvalue weighted by atomic mass is 35.5. The number of rotatable bonds is 5. The van der Waals surface area contributed by atoms with Crippen molar-refractivity contribution in [2.45, 2.75) is 44.6 Å². The van der Waals surface area contributed by atoms with E-state index in [0.29, 0.717) is 0 Å². The first kappa shape index (κ1) is 12.5. The summed E-state index contributed by atoms with van der Waals surface area (Å²) in [6, 6.07) is 9.26. The Hall–Kier alpha value is -0.530. The zero-order chi connectivity index (χ0) is 12.4. The van der Waals surface area contributed by atoms with Crippen molar-refractivity contribution >= 4 is 11.6 Å². The van der Waals surface area contributed by atoms with Crippen LogP contribution in [0.1, 0.15) is 37.7 Å². The van der Waals surface area contributed by atoms with E-state index in [1.165, 1.54) is 50.6 Å². The van der Waals surface area contributed by atoms with Gasteiger partial charge in [0.15, 0.2) is 0 Å². The van der Waals surface area contributed by atoms with Crippen molar-refractivity contribution in [3.05, 3.63) is 34.9 Å². The lowest BCUT2D eigenvalue weighted by atomic mass is 9.89. The Morgan fingerprint density at radius 3 is 2.44 bits per heavy atom. The molecule has 3 rings (SSSR count). The summed E-state index contributed by atoms with van der Waals surface area (Å²) in [6.45, 7) is 1.24. The molecular formula is C16H22ClN. The summed E-state index contributed by atoms with van der Waals surface area (Å²) >= 11 is 5.94. The predicted octanol–water partition coefficient (Wildman–Crippen LogP) is 4.05. The van der Waals surface area contributed by atoms with Gasteiger partial charge in [-0.3, -0.25) is 0 Å². The maximum Gasteiger partial charge on any atom is 0.0406 e. The topological polar surface area (TPSA) is 12.0 Å². The highest BCUT2D eigenvalue weighted by molar-refractivity contribution is 6.30. The Bertz CT molecular complexity index is 383. The Labute approximate surface area is 115 Å². The van der Waals surface area contributed by atoms with E-state index in [0.717, 1.165) is 22.9 Å². The van der Waals surface area contributed by atoms with Crippen molar-refractivity contribution in [3.63, 3.8) is 0 Å². The van der Waals surface area contributed by atoms with Gasteiger partial charge in [-0.2, -0.15) is 0 Å². The molecule has 98 valence electrons. The van der Waals surface area contributed by atoms with Crippen LogP contribution in [0, 0.1) is 11.8 Å². The molecule has 1 aromatic rings. The van der Waals surface area contributed by atoms with Crippen molar-refractivity contribution in [1.29, 1.82) is 0 Å². The molecule has 2 saturated carbocycles. The third-order valence-corrected chi connectivity index (χ3v) is 4.73. The summed E-state index contributed by atoms with van der Waals surface area (Å²) in [6.07, 6.45) is 8.25. The fourth-order valence-electron chi connectivity index (χ4n) is 3.18. The van der Waals surface area contributed by atoms with E-state index in [2.05, 4.69) is 17.4 Å². The van der Waals surface area contributed by atoms with Crippen molar-refractivity contribution in [1.82, 2.24) is 5.32 Å². The van der Waals surface area contributed by atoms with Crippen LogP contribution < -0.4 is 5.32 Å². The Morgan fingerprint density at radius 1 is 1.00 bits per heavy atom. The Morgan fingerprint density at radius 2 is 1.72 bits per heavy atom. The molecular weight excluding hydrogens is 242 g/mol. The highest BCUT2D eigenvalue weighted by Crippen LogP contribution is 2.34. The quantitative estimate of drug-likeness (QED) is 0.845. The molecule has 2 aliphatic carbocycles. The van der Waals surface area contributed by atoms with Gasteiger partial charge in [-0.1, -0.05) is 30.2 Å². The molecule has 0 aromatic heterocycles. The molecule has 2 aliphatic rings. The molecule has 0 spiro atoms. The van der Waals surface area contributed by atoms with Crippen LogP contribution in [0.4, 0.5) is 0 Å². The van der Waals surface area contributed by atoms with Gasteiger partial charge in [-0.05, 0) is 68.2 Å². The van der Waals surface area contributed by atoms with Crippen molar-refractivity contribution in [3.8, 4) is 0 Å². The molecule has 2 atom stereocenters. The summed E-state index contributed by atoms with van der Waals surface area (Å²) in [5.41, 5.74) is 1.45. The largest absolute Gasteiger partial charge is 0.314 e. The maximum absolute atomic E-state index is 5.94. The lowest BCUT2D eigenvalue weighted by Gasteiger charge is -2.20. The molecule has 0 heterocycles. The number of hydrogen-bond acceptors (Lipinski definition) is 1. The second-order valence-electron chi connectivity index (χ2n) is 5.96. The first-order valence-corrected chi connectivity index (χ1v) is 7.67. The fourth-order valence-corrected chi connectivity index (χ4v) is 3.31. The lowest BCUT2D eigenvalue weighted by molar-refractivity contribution is 0.364. The smallest absolute Gasteiger partial charge is 0.0406 e. The van der Waals surface area contributed by atoms with E-state index >= 15 is 0 Å². The highest BCUT2D eigenvalue weighted by Gasteiger charge is 2.29. The molecule has 0 amide bonds. The first-order valence-electron chi connectivity index (χ1n) is 7.29. The van der Waals surface area contributed by atoms with E-state index in [9.17, 15) is 0 Å². The van der Waals surface area contributed by atoms with Gasteiger partial charge in [-0.25, -0.2) is 0 Å². The zero-order valence-electron chi connectivity index (χ0n) is 10.9. The van der Waals surface area contributed by atoms with Crippen LogP contribution in [-0.2, 0) is 6.42 Å². The van der Waals surface area contributed by atoms with Crippen LogP contribution >= 0.6 is 11.6 Å². The van der Waals surface area contributed by atoms with E-state index in [-0.39, 0.29) is 0 Å². The molecule has 0 aliphatic heterocycles. The minimum Gasteiger partial charge on any atom is -0.314 e. The minimum absolute atomic E-state index is 0.845. The zero-order valence-corrected chi connectivity index (χ0v) is 11.6. The number of halogens is 1. The standard InChI is InChI=1S/C16H22ClN/c17-15-6-4-12(5-7-15)10-13-2-1-3-14(13)11-18-16-8-9-16/h4-7,13-14,16,18H,1-3,8-11H2. The van der Waals surface area contributed by atoms with E-state index in [4.69, 9.17) is 11.6 Å². The van der Waals surface area contributed by atoms with Gasteiger partial charge in [0, 0.05) is 11.1 Å². The van der Waals surface area contributed by atoms with E-state index < -0.39 is 0 Å². The van der Waals surface area contributed by atoms with E-state index in [1.54, 1.807) is 0 Å². The Kier molecular flexibility index (Phi) is 3.91. The van der Waals surface area contributed by atoms with Crippen molar-refractivity contribution < 1.29 is 0 Å². The second-order valence-corrected chi connectivity index (χ2v) is 6.40. The molecule has 0 saturated heterocycles. The number of hydrogen-bond donors (Lipinski definition) is 1. The summed E-state index contributed by atoms with van der Waals surface area (Å²) in [5.74, 6) is 1.76. The normalized spacial score (nSPS) is 27.6. The van der Waals surface area contributed by atoms with Crippen molar-refractivity contribution in [2.24, 2.45) is 11.8 Å². The number of nitrogens with one attached hydrogen (secondary N) is 1. The molecule has 2 heteroatoms. The van der Waals surface area contributed by atoms with Gasteiger partial charge in [0.2, 0.25) is 0 Å². The molecule has 1 N–H and O–H groups in total. The average Bonchev–Trinajstić information content (AvgIpc) is 3.11. The lowest BCUT2D eigenvalue weighted by Crippen LogP contribution is -2.27. The average molecular weight is 264 g/mol. The molecule has 2 fully saturated rings. The molecule has 1 nitrogen and oxygen atoms in total. The molecule has 2 unspecified atom stereocenters. The maximum atomic E-state index is 5.94. The van der Waals surface area contributed by atoms with Crippen molar-refractivity contribution in [2.75, 3.05) is 6.54 Å². The van der Waals surface area contributed by atoms with Crippen LogP contribution in [0.2, 0.25) is 5.02 Å². The van der Waals surface area contributed by atoms with Gasteiger partial charge in [-0.15, -0.1) is 0 Å². The van der Waals surface area contributed by atoms with Crippen LogP contribution in [-0.4, -0.2) is 12.6 Å². The molecule has 0 bridgehead atoms. The molecule has 0 radical (unpaired) electrons. The third-order valence-electron chi connectivity index (χ3n) is 4.47.